The lowest BCUT2D eigenvalue weighted by Gasteiger charge is -1.93. The van der Waals surface area contributed by atoms with Crippen molar-refractivity contribution in [3.05, 3.63) is 36.5 Å². The van der Waals surface area contributed by atoms with Gasteiger partial charge in [0.25, 0.3) is 0 Å². The average Bonchev–Trinajstić information content (AvgIpc) is 1.99. The van der Waals surface area contributed by atoms with Gasteiger partial charge < -0.3 is 5.73 Å². The molecule has 2 N–H and O–H groups in total. The van der Waals surface area contributed by atoms with E-state index in [0.717, 1.165) is 12.4 Å². The third-order valence-electron chi connectivity index (χ3n) is 0.996. The molecule has 0 saturated heterocycles. The van der Waals surface area contributed by atoms with Crippen molar-refractivity contribution in [1.82, 2.24) is 0 Å². The Kier molecular flexibility index (Phi) is 3.88. The average molecular weight is 154 g/mol. The van der Waals surface area contributed by atoms with Gasteiger partial charge in [-0.2, -0.15) is 0 Å². The highest BCUT2D eigenvalue weighted by atomic mass is 19.1. The van der Waals surface area contributed by atoms with Gasteiger partial charge in [0, 0.05) is 6.20 Å². The molecule has 0 heterocycles. The topological polar surface area (TPSA) is 38.4 Å². The molecule has 0 atom stereocenters. The lowest BCUT2D eigenvalue weighted by atomic mass is 10.3. The van der Waals surface area contributed by atoms with E-state index in [1.807, 2.05) is 0 Å². The Labute approximate surface area is 65.6 Å². The number of hydrogen-bond donors (Lipinski definition) is 1. The molecule has 0 aromatic heterocycles. The molecule has 11 heavy (non-hydrogen) atoms. The van der Waals surface area contributed by atoms with E-state index in [0.29, 0.717) is 11.3 Å². The van der Waals surface area contributed by atoms with Gasteiger partial charge in [0.1, 0.15) is 0 Å². The van der Waals surface area contributed by atoms with E-state index in [4.69, 9.17) is 5.73 Å². The van der Waals surface area contributed by atoms with Crippen LogP contribution in [0.4, 0.5) is 4.39 Å². The fourth-order valence-corrected chi connectivity index (χ4v) is 0.293. The summed E-state index contributed by atoms with van der Waals surface area (Å²) in [5, 5.41) is 0. The molecule has 0 saturated carbocycles. The number of rotatable bonds is 3. The molecule has 0 aliphatic heterocycles. The predicted octanol–water partition coefficient (Wildman–Crippen LogP) is 1.92. The Morgan fingerprint density at radius 1 is 1.55 bits per heavy atom. The van der Waals surface area contributed by atoms with Crippen molar-refractivity contribution in [3.63, 3.8) is 0 Å². The normalized spacial score (nSPS) is 12.0. The predicted molar refractivity (Wildman–Crippen MR) is 45.8 cm³/mol. The lowest BCUT2D eigenvalue weighted by molar-refractivity contribution is 0.683. The van der Waals surface area contributed by atoms with Crippen LogP contribution in [0.5, 0.6) is 0 Å². The van der Waals surface area contributed by atoms with Gasteiger partial charge in [-0.3, -0.25) is 4.99 Å². The number of nitrogens with zero attached hydrogens (tertiary/aromatic N) is 1. The fourth-order valence-electron chi connectivity index (χ4n) is 0.293. The molecule has 0 spiro atoms. The molecule has 0 bridgehead atoms. The second-order valence-corrected chi connectivity index (χ2v) is 2.04. The van der Waals surface area contributed by atoms with E-state index < -0.39 is 5.83 Å². The number of hydrogen-bond acceptors (Lipinski definition) is 2. The molecule has 0 unspecified atom stereocenters. The summed E-state index contributed by atoms with van der Waals surface area (Å²) in [5.74, 6) is -0.590. The minimum absolute atomic E-state index is 0.446. The molecule has 0 fully saturated rings. The van der Waals surface area contributed by atoms with Gasteiger partial charge in [-0.05, 0) is 12.5 Å². The summed E-state index contributed by atoms with van der Waals surface area (Å²) in [7, 11) is 0. The van der Waals surface area contributed by atoms with Gasteiger partial charge in [-0.25, -0.2) is 4.39 Å². The van der Waals surface area contributed by atoms with Gasteiger partial charge >= 0.3 is 0 Å². The first-order valence-corrected chi connectivity index (χ1v) is 3.04. The zero-order valence-electron chi connectivity index (χ0n) is 6.47. The maximum Gasteiger partial charge on any atom is 0.156 e. The first-order chi connectivity index (χ1) is 5.07. The van der Waals surface area contributed by atoms with E-state index in [9.17, 15) is 4.39 Å². The highest BCUT2D eigenvalue weighted by Crippen LogP contribution is 2.04. The van der Waals surface area contributed by atoms with Crippen LogP contribution >= 0.6 is 0 Å². The number of aliphatic imine (C=N–C) groups is 1. The maximum atomic E-state index is 12.3. The van der Waals surface area contributed by atoms with Crippen LogP contribution in [0.3, 0.4) is 0 Å². The molecule has 0 aromatic rings. The Morgan fingerprint density at radius 2 is 2.09 bits per heavy atom. The van der Waals surface area contributed by atoms with Crippen LogP contribution in [0.15, 0.2) is 41.4 Å². The molecule has 0 aromatic carbocycles. The first-order valence-electron chi connectivity index (χ1n) is 3.04. The molecule has 0 aliphatic rings. The van der Waals surface area contributed by atoms with E-state index in [2.05, 4.69) is 18.2 Å². The Bertz CT molecular complexity index is 226. The van der Waals surface area contributed by atoms with Crippen LogP contribution in [-0.2, 0) is 0 Å². The Balaban J connectivity index is 4.15. The van der Waals surface area contributed by atoms with Crippen molar-refractivity contribution in [2.24, 2.45) is 10.7 Å². The summed E-state index contributed by atoms with van der Waals surface area (Å²) in [6.07, 6.45) is 1.83. The van der Waals surface area contributed by atoms with Gasteiger partial charge in [0.15, 0.2) is 5.83 Å². The minimum atomic E-state index is -0.590. The van der Waals surface area contributed by atoms with Crippen molar-refractivity contribution in [3.8, 4) is 0 Å². The van der Waals surface area contributed by atoms with Crippen LogP contribution in [0.2, 0.25) is 0 Å². The van der Waals surface area contributed by atoms with Crippen molar-refractivity contribution in [1.29, 1.82) is 0 Å². The van der Waals surface area contributed by atoms with Gasteiger partial charge in [-0.1, -0.05) is 13.2 Å². The van der Waals surface area contributed by atoms with Crippen LogP contribution < -0.4 is 5.73 Å². The SMILES string of the molecule is C=C(C)C(=C)N=C/C(F)=C\N. The number of allylic oxidation sites excluding steroid dienone is 2. The van der Waals surface area contributed by atoms with Crippen molar-refractivity contribution in [2.45, 2.75) is 6.92 Å². The summed E-state index contributed by atoms with van der Waals surface area (Å²) >= 11 is 0. The maximum absolute atomic E-state index is 12.3. The largest absolute Gasteiger partial charge is 0.402 e. The van der Waals surface area contributed by atoms with Crippen molar-refractivity contribution >= 4 is 6.21 Å². The summed E-state index contributed by atoms with van der Waals surface area (Å²) in [6, 6.07) is 0. The summed E-state index contributed by atoms with van der Waals surface area (Å²) in [4.78, 5) is 3.65. The lowest BCUT2D eigenvalue weighted by Crippen LogP contribution is -1.85. The molecule has 60 valence electrons. The van der Waals surface area contributed by atoms with Crippen LogP contribution in [-0.4, -0.2) is 6.21 Å². The number of nitrogens with two attached hydrogens (primary N) is 1. The molecule has 0 rings (SSSR count). The zero-order valence-corrected chi connectivity index (χ0v) is 6.47. The van der Waals surface area contributed by atoms with Gasteiger partial charge in [0.2, 0.25) is 0 Å². The second kappa shape index (κ2) is 4.44. The smallest absolute Gasteiger partial charge is 0.156 e. The first kappa shape index (κ1) is 9.62. The molecule has 0 aliphatic carbocycles. The quantitative estimate of drug-likeness (QED) is 0.489. The third-order valence-corrected chi connectivity index (χ3v) is 0.996. The third kappa shape index (κ3) is 4.08. The fraction of sp³-hybridized carbons (Fsp3) is 0.125. The van der Waals surface area contributed by atoms with Crippen LogP contribution in [0, 0.1) is 0 Å². The molecular formula is C8H11FN2. The summed E-state index contributed by atoms with van der Waals surface area (Å²) < 4.78 is 12.3. The summed E-state index contributed by atoms with van der Waals surface area (Å²) in [6.45, 7) is 8.84. The minimum Gasteiger partial charge on any atom is -0.402 e. The molecule has 3 heteroatoms. The highest BCUT2D eigenvalue weighted by molar-refractivity contribution is 5.76. The van der Waals surface area contributed by atoms with E-state index in [1.165, 1.54) is 0 Å². The summed E-state index contributed by atoms with van der Waals surface area (Å²) in [5.41, 5.74) is 6.00. The monoisotopic (exact) mass is 154 g/mol. The Hall–Kier alpha value is -1.38. The molecule has 0 radical (unpaired) electrons. The molecule has 0 amide bonds. The Morgan fingerprint density at radius 3 is 2.45 bits per heavy atom. The van der Waals surface area contributed by atoms with Crippen molar-refractivity contribution < 1.29 is 4.39 Å². The molecular weight excluding hydrogens is 143 g/mol. The standard InChI is InChI=1S/C8H11FN2/c1-6(2)7(3)11-5-8(9)4-10/h4-5H,1,3,10H2,2H3/b8-4+,11-5?. The molecule has 2 nitrogen and oxygen atoms in total. The second-order valence-electron chi connectivity index (χ2n) is 2.04. The highest BCUT2D eigenvalue weighted by Gasteiger charge is 1.89. The van der Waals surface area contributed by atoms with Crippen LogP contribution in [0.25, 0.3) is 0 Å². The zero-order chi connectivity index (χ0) is 8.85. The number of halogens is 1. The van der Waals surface area contributed by atoms with Gasteiger partial charge in [-0.15, -0.1) is 0 Å². The van der Waals surface area contributed by atoms with E-state index in [-0.39, 0.29) is 0 Å². The van der Waals surface area contributed by atoms with Crippen LogP contribution in [0.1, 0.15) is 6.92 Å². The van der Waals surface area contributed by atoms with Gasteiger partial charge in [0.05, 0.1) is 11.9 Å². The van der Waals surface area contributed by atoms with E-state index >= 15 is 0 Å². The van der Waals surface area contributed by atoms with E-state index in [1.54, 1.807) is 6.92 Å². The van der Waals surface area contributed by atoms with Crippen molar-refractivity contribution in [2.75, 3.05) is 0 Å².